The van der Waals surface area contributed by atoms with Crippen molar-refractivity contribution < 1.29 is 83.6 Å². The number of phenols is 2. The SMILES string of the molecule is COc1cc(/C=C/C(=O)OC[C@H]2O[C@H](O[C@]3(CO)O[C@H](CO)[C@@H](O)[C@@H]3OC(=O)/C=C/c3ccc(O)c(OC)c3)[C@H](O)[C@@H](O)[C@@H]2O)ccc1O. The van der Waals surface area contributed by atoms with Gasteiger partial charge in [0.15, 0.2) is 35.4 Å². The fourth-order valence-electron chi connectivity index (χ4n) is 5.06. The number of phenolic OH excluding ortho intramolecular Hbond substituents is 2. The first-order valence-corrected chi connectivity index (χ1v) is 14.8. The van der Waals surface area contributed by atoms with Crippen LogP contribution >= 0.6 is 0 Å². The van der Waals surface area contributed by atoms with E-state index >= 15 is 0 Å². The van der Waals surface area contributed by atoms with E-state index in [2.05, 4.69) is 0 Å². The highest BCUT2D eigenvalue weighted by atomic mass is 16.8. The van der Waals surface area contributed by atoms with Gasteiger partial charge in [-0.2, -0.15) is 0 Å². The molecule has 0 saturated carbocycles. The maximum Gasteiger partial charge on any atom is 0.331 e. The van der Waals surface area contributed by atoms with Gasteiger partial charge in [-0.1, -0.05) is 12.1 Å². The third-order valence-electron chi connectivity index (χ3n) is 7.72. The highest BCUT2D eigenvalue weighted by molar-refractivity contribution is 5.88. The number of rotatable bonds is 13. The van der Waals surface area contributed by atoms with Gasteiger partial charge in [0.1, 0.15) is 49.8 Å². The maximum absolute atomic E-state index is 12.8. The third-order valence-corrected chi connectivity index (χ3v) is 7.72. The summed E-state index contributed by atoms with van der Waals surface area (Å²) >= 11 is 0. The molecule has 0 spiro atoms. The molecule has 0 aliphatic carbocycles. The zero-order chi connectivity index (χ0) is 35.9. The largest absolute Gasteiger partial charge is 0.504 e. The molecule has 17 nitrogen and oxygen atoms in total. The van der Waals surface area contributed by atoms with Crippen LogP contribution in [-0.4, -0.2) is 142 Å². The zero-order valence-corrected chi connectivity index (χ0v) is 26.3. The van der Waals surface area contributed by atoms with Crippen molar-refractivity contribution in [2.24, 2.45) is 0 Å². The molecule has 9 atom stereocenters. The summed E-state index contributed by atoms with van der Waals surface area (Å²) in [6.45, 7) is -2.61. The number of carbonyl (C=O) groups excluding carboxylic acids is 2. The second-order valence-corrected chi connectivity index (χ2v) is 10.9. The molecule has 8 N–H and O–H groups in total. The van der Waals surface area contributed by atoms with Crippen molar-refractivity contribution in [3.63, 3.8) is 0 Å². The summed E-state index contributed by atoms with van der Waals surface area (Å²) in [4.78, 5) is 25.2. The molecule has 2 aromatic carbocycles. The number of aliphatic hydroxyl groups excluding tert-OH is 6. The fraction of sp³-hybridized carbons (Fsp3) is 0.438. The normalized spacial score (nSPS) is 30.0. The van der Waals surface area contributed by atoms with Crippen molar-refractivity contribution in [3.8, 4) is 23.0 Å². The van der Waals surface area contributed by atoms with Gasteiger partial charge in [0.05, 0.1) is 20.8 Å². The molecule has 17 heteroatoms. The van der Waals surface area contributed by atoms with Crippen LogP contribution in [0, 0.1) is 0 Å². The quantitative estimate of drug-likeness (QED) is 0.0882. The molecule has 2 saturated heterocycles. The Balaban J connectivity index is 1.46. The Morgan fingerprint density at radius 3 is 1.90 bits per heavy atom. The molecule has 2 aliphatic heterocycles. The average molecular weight is 695 g/mol. The number of methoxy groups -OCH3 is 2. The molecular weight excluding hydrogens is 656 g/mol. The highest BCUT2D eigenvalue weighted by Crippen LogP contribution is 2.38. The first-order valence-electron chi connectivity index (χ1n) is 14.8. The van der Waals surface area contributed by atoms with Crippen molar-refractivity contribution in [2.75, 3.05) is 34.0 Å². The second kappa shape index (κ2) is 16.4. The van der Waals surface area contributed by atoms with Crippen LogP contribution < -0.4 is 9.47 Å². The monoisotopic (exact) mass is 694 g/mol. The van der Waals surface area contributed by atoms with E-state index in [1.807, 2.05) is 0 Å². The minimum atomic E-state index is -2.47. The van der Waals surface area contributed by atoms with Gasteiger partial charge < -0.3 is 74.0 Å². The Labute approximate surface area is 279 Å². The lowest BCUT2D eigenvalue weighted by Gasteiger charge is -2.43. The number of hydrogen-bond acceptors (Lipinski definition) is 17. The number of ether oxygens (including phenoxy) is 7. The maximum atomic E-state index is 12.8. The molecule has 2 heterocycles. The van der Waals surface area contributed by atoms with Crippen molar-refractivity contribution in [1.29, 1.82) is 0 Å². The Morgan fingerprint density at radius 1 is 0.796 bits per heavy atom. The number of aliphatic hydroxyl groups is 6. The zero-order valence-electron chi connectivity index (χ0n) is 26.3. The molecule has 4 rings (SSSR count). The van der Waals surface area contributed by atoms with Crippen LogP contribution in [0.3, 0.4) is 0 Å². The Hall–Kier alpha value is -4.30. The van der Waals surface area contributed by atoms with E-state index < -0.39 is 86.6 Å². The average Bonchev–Trinajstić information content (AvgIpc) is 3.36. The molecule has 49 heavy (non-hydrogen) atoms. The van der Waals surface area contributed by atoms with E-state index in [-0.39, 0.29) is 23.0 Å². The molecule has 0 amide bonds. The summed E-state index contributed by atoms with van der Waals surface area (Å²) in [5, 5.41) is 82.2. The van der Waals surface area contributed by atoms with Crippen molar-refractivity contribution in [3.05, 3.63) is 59.7 Å². The van der Waals surface area contributed by atoms with Gasteiger partial charge in [0, 0.05) is 12.2 Å². The van der Waals surface area contributed by atoms with Gasteiger partial charge >= 0.3 is 11.9 Å². The van der Waals surface area contributed by atoms with Crippen LogP contribution in [0.5, 0.6) is 23.0 Å². The van der Waals surface area contributed by atoms with Crippen molar-refractivity contribution >= 4 is 24.1 Å². The fourth-order valence-corrected chi connectivity index (χ4v) is 5.06. The minimum absolute atomic E-state index is 0.108. The molecule has 0 radical (unpaired) electrons. The lowest BCUT2D eigenvalue weighted by Crippen LogP contribution is -2.63. The van der Waals surface area contributed by atoms with Gasteiger partial charge in [0.2, 0.25) is 5.79 Å². The van der Waals surface area contributed by atoms with E-state index in [1.165, 1.54) is 62.8 Å². The van der Waals surface area contributed by atoms with Crippen LogP contribution in [0.25, 0.3) is 12.2 Å². The summed E-state index contributed by atoms with van der Waals surface area (Å²) in [5.74, 6) is -4.38. The smallest absolute Gasteiger partial charge is 0.331 e. The van der Waals surface area contributed by atoms with Crippen molar-refractivity contribution in [1.82, 2.24) is 0 Å². The van der Waals surface area contributed by atoms with E-state index in [0.29, 0.717) is 11.1 Å². The van der Waals surface area contributed by atoms with Gasteiger partial charge in [-0.05, 0) is 47.5 Å². The molecule has 2 fully saturated rings. The molecule has 2 aliphatic rings. The van der Waals surface area contributed by atoms with Crippen LogP contribution in [0.15, 0.2) is 48.6 Å². The number of hydrogen-bond donors (Lipinski definition) is 8. The Bertz CT molecular complexity index is 1510. The topological polar surface area (TPSA) is 261 Å². The van der Waals surface area contributed by atoms with Gasteiger partial charge in [-0.3, -0.25) is 0 Å². The molecule has 2 aromatic rings. The van der Waals surface area contributed by atoms with Crippen LogP contribution in [-0.2, 0) is 33.3 Å². The van der Waals surface area contributed by atoms with Crippen molar-refractivity contribution in [2.45, 2.75) is 54.8 Å². The predicted molar refractivity (Wildman–Crippen MR) is 164 cm³/mol. The first kappa shape index (κ1) is 37.5. The summed E-state index contributed by atoms with van der Waals surface area (Å²) in [6, 6.07) is 8.54. The Kier molecular flexibility index (Phi) is 12.6. The van der Waals surface area contributed by atoms with E-state index in [4.69, 9.17) is 33.2 Å². The van der Waals surface area contributed by atoms with Gasteiger partial charge in [-0.15, -0.1) is 0 Å². The summed E-state index contributed by atoms with van der Waals surface area (Å²) < 4.78 is 37.3. The molecule has 0 bridgehead atoms. The Morgan fingerprint density at radius 2 is 1.37 bits per heavy atom. The predicted octanol–water partition coefficient (Wildman–Crippen LogP) is -1.44. The molecule has 268 valence electrons. The van der Waals surface area contributed by atoms with Crippen LogP contribution in [0.1, 0.15) is 11.1 Å². The molecule has 0 aromatic heterocycles. The van der Waals surface area contributed by atoms with E-state index in [0.717, 1.165) is 12.2 Å². The lowest BCUT2D eigenvalue weighted by molar-refractivity contribution is -0.383. The standard InChI is InChI=1S/C32H38O17/c1-43-20-11-16(3-7-18(20)35)5-9-24(37)45-14-23-26(39)28(41)29(42)31(46-23)49-32(15-34)30(27(40)22(13-33)48-32)47-25(38)10-6-17-4-8-19(36)21(12-17)44-2/h3-12,22-23,26-31,33-36,39-42H,13-15H2,1-2H3/b9-5+,10-6+/t22-,23-,26-,27-,28+,29-,30+,31-,32+/m1/s1. The van der Waals surface area contributed by atoms with Gasteiger partial charge in [0.25, 0.3) is 0 Å². The second-order valence-electron chi connectivity index (χ2n) is 10.9. The lowest BCUT2D eigenvalue weighted by atomic mass is 9.99. The van der Waals surface area contributed by atoms with Gasteiger partial charge in [-0.25, -0.2) is 9.59 Å². The van der Waals surface area contributed by atoms with E-state index in [9.17, 15) is 50.4 Å². The number of carbonyl (C=O) groups is 2. The third kappa shape index (κ3) is 8.66. The summed E-state index contributed by atoms with van der Waals surface area (Å²) in [5.41, 5.74) is 0.898. The highest BCUT2D eigenvalue weighted by Gasteiger charge is 2.60. The van der Waals surface area contributed by atoms with Crippen LogP contribution in [0.4, 0.5) is 0 Å². The first-order chi connectivity index (χ1) is 23.4. The number of aromatic hydroxyl groups is 2. The number of benzene rings is 2. The van der Waals surface area contributed by atoms with E-state index in [1.54, 1.807) is 0 Å². The molecular formula is C32H38O17. The summed E-state index contributed by atoms with van der Waals surface area (Å²) in [7, 11) is 2.69. The minimum Gasteiger partial charge on any atom is -0.504 e. The van der Waals surface area contributed by atoms with Crippen LogP contribution in [0.2, 0.25) is 0 Å². The number of esters is 2. The summed E-state index contributed by atoms with van der Waals surface area (Å²) in [6.07, 6.45) is -9.57. The molecule has 0 unspecified atom stereocenters.